The van der Waals surface area contributed by atoms with Gasteiger partial charge in [-0.1, -0.05) is 24.3 Å². The molecule has 0 unspecified atom stereocenters. The maximum absolute atomic E-state index is 12.6. The second kappa shape index (κ2) is 10.1. The van der Waals surface area contributed by atoms with Crippen LogP contribution in [0.5, 0.6) is 0 Å². The second-order valence-corrected chi connectivity index (χ2v) is 9.77. The van der Waals surface area contributed by atoms with Crippen molar-refractivity contribution in [2.75, 3.05) is 51.3 Å². The average Bonchev–Trinajstić information content (AvgIpc) is 3.26. The Balaban J connectivity index is 1.08. The molecule has 0 bridgehead atoms. The minimum atomic E-state index is 0.0596. The molecular weight excluding hydrogens is 420 g/mol. The van der Waals surface area contributed by atoms with Gasteiger partial charge in [0.2, 0.25) is 5.91 Å². The molecule has 3 heterocycles. The molecule has 2 saturated heterocycles. The van der Waals surface area contributed by atoms with Crippen LogP contribution in [0, 0.1) is 0 Å². The highest BCUT2D eigenvalue weighted by molar-refractivity contribution is 7.18. The van der Waals surface area contributed by atoms with Crippen molar-refractivity contribution in [2.24, 2.45) is 0 Å². The normalized spacial score (nSPS) is 18.8. The molecule has 0 saturated carbocycles. The van der Waals surface area contributed by atoms with Crippen LogP contribution in [0.1, 0.15) is 29.3 Å². The summed E-state index contributed by atoms with van der Waals surface area (Å²) in [5, 5.41) is 4.30. The molecule has 5 rings (SSSR count). The summed E-state index contributed by atoms with van der Waals surface area (Å²) in [6.07, 6.45) is 2.12. The predicted molar refractivity (Wildman–Crippen MR) is 129 cm³/mol. The standard InChI is InChI=1S/C25H30N4O2S/c30-24(26-21-7-5-19(6-8-21)17-29-13-15-31-16-14-29)18-28-11-9-20(10-12-28)25-27-22-3-1-2-4-23(22)32-25/h1-8,20H,9-18H2,(H,26,30). The Kier molecular flexibility index (Phi) is 6.78. The number of hydrogen-bond donors (Lipinski definition) is 1. The number of nitrogens with one attached hydrogen (secondary N) is 1. The van der Waals surface area contributed by atoms with Crippen LogP contribution in [0.2, 0.25) is 0 Å². The van der Waals surface area contributed by atoms with Crippen LogP contribution < -0.4 is 5.32 Å². The predicted octanol–water partition coefficient (Wildman–Crippen LogP) is 3.95. The minimum absolute atomic E-state index is 0.0596. The Bertz CT molecular complexity index is 1000. The van der Waals surface area contributed by atoms with E-state index in [1.807, 2.05) is 29.5 Å². The number of anilines is 1. The van der Waals surface area contributed by atoms with Crippen LogP contribution in [0.25, 0.3) is 10.2 Å². The van der Waals surface area contributed by atoms with Crippen LogP contribution >= 0.6 is 11.3 Å². The zero-order valence-electron chi connectivity index (χ0n) is 18.3. The smallest absolute Gasteiger partial charge is 0.238 e. The van der Waals surface area contributed by atoms with E-state index in [-0.39, 0.29) is 5.91 Å². The largest absolute Gasteiger partial charge is 0.379 e. The van der Waals surface area contributed by atoms with Gasteiger partial charge in [-0.25, -0.2) is 4.98 Å². The van der Waals surface area contributed by atoms with Gasteiger partial charge >= 0.3 is 0 Å². The molecule has 7 heteroatoms. The number of carbonyl (C=O) groups is 1. The third kappa shape index (κ3) is 5.35. The molecular formula is C25H30N4O2S. The SMILES string of the molecule is O=C(CN1CCC(c2nc3ccccc3s2)CC1)Nc1ccc(CN2CCOCC2)cc1. The second-order valence-electron chi connectivity index (χ2n) is 8.70. The molecule has 0 radical (unpaired) electrons. The molecule has 0 atom stereocenters. The third-order valence-corrected chi connectivity index (χ3v) is 7.56. The maximum atomic E-state index is 12.6. The third-order valence-electron chi connectivity index (χ3n) is 6.36. The van der Waals surface area contributed by atoms with Gasteiger partial charge in [0.05, 0.1) is 35.0 Å². The van der Waals surface area contributed by atoms with Gasteiger partial charge in [-0.15, -0.1) is 11.3 Å². The maximum Gasteiger partial charge on any atom is 0.238 e. The Morgan fingerprint density at radius 1 is 1.00 bits per heavy atom. The van der Waals surface area contributed by atoms with Crippen molar-refractivity contribution in [1.29, 1.82) is 0 Å². The summed E-state index contributed by atoms with van der Waals surface area (Å²) in [7, 11) is 0. The fourth-order valence-electron chi connectivity index (χ4n) is 4.52. The lowest BCUT2D eigenvalue weighted by molar-refractivity contribution is -0.117. The van der Waals surface area contributed by atoms with Crippen LogP contribution in [0.15, 0.2) is 48.5 Å². The summed E-state index contributed by atoms with van der Waals surface area (Å²) in [5.41, 5.74) is 3.23. The molecule has 168 valence electrons. The Labute approximate surface area is 193 Å². The van der Waals surface area contributed by atoms with E-state index in [1.165, 1.54) is 15.3 Å². The van der Waals surface area contributed by atoms with E-state index >= 15 is 0 Å². The molecule has 0 aliphatic carbocycles. The first kappa shape index (κ1) is 21.5. The van der Waals surface area contributed by atoms with Gasteiger partial charge in [0, 0.05) is 31.2 Å². The summed E-state index contributed by atoms with van der Waals surface area (Å²) in [4.78, 5) is 22.1. The Morgan fingerprint density at radius 3 is 2.50 bits per heavy atom. The molecule has 6 nitrogen and oxygen atoms in total. The van der Waals surface area contributed by atoms with Gasteiger partial charge in [0.15, 0.2) is 0 Å². The zero-order chi connectivity index (χ0) is 21.8. The summed E-state index contributed by atoms with van der Waals surface area (Å²) in [5.74, 6) is 0.565. The highest BCUT2D eigenvalue weighted by Crippen LogP contribution is 2.33. The molecule has 2 aliphatic rings. The van der Waals surface area contributed by atoms with E-state index in [4.69, 9.17) is 9.72 Å². The van der Waals surface area contributed by atoms with Crippen molar-refractivity contribution in [3.05, 3.63) is 59.1 Å². The lowest BCUT2D eigenvalue weighted by Gasteiger charge is -2.30. The molecule has 32 heavy (non-hydrogen) atoms. The summed E-state index contributed by atoms with van der Waals surface area (Å²) < 4.78 is 6.67. The fourth-order valence-corrected chi connectivity index (χ4v) is 5.65. The van der Waals surface area contributed by atoms with E-state index in [2.05, 4.69) is 45.4 Å². The summed E-state index contributed by atoms with van der Waals surface area (Å²) >= 11 is 1.81. The first-order chi connectivity index (χ1) is 15.7. The molecule has 3 aromatic rings. The highest BCUT2D eigenvalue weighted by atomic mass is 32.1. The van der Waals surface area contributed by atoms with Crippen molar-refractivity contribution in [3.8, 4) is 0 Å². The fraction of sp³-hybridized carbons (Fsp3) is 0.440. The molecule has 0 spiro atoms. The highest BCUT2D eigenvalue weighted by Gasteiger charge is 2.24. The van der Waals surface area contributed by atoms with E-state index in [1.54, 1.807) is 0 Å². The van der Waals surface area contributed by atoms with Gasteiger partial charge in [-0.05, 0) is 55.8 Å². The average molecular weight is 451 g/mol. The van der Waals surface area contributed by atoms with E-state index in [9.17, 15) is 4.79 Å². The zero-order valence-corrected chi connectivity index (χ0v) is 19.2. The molecule has 2 fully saturated rings. The van der Waals surface area contributed by atoms with Crippen LogP contribution in [-0.2, 0) is 16.1 Å². The number of morpholine rings is 1. The monoisotopic (exact) mass is 450 g/mol. The number of piperidine rings is 1. The number of thiazole rings is 1. The number of ether oxygens (including phenoxy) is 1. The number of hydrogen-bond acceptors (Lipinski definition) is 6. The van der Waals surface area contributed by atoms with Crippen molar-refractivity contribution in [2.45, 2.75) is 25.3 Å². The first-order valence-corrected chi connectivity index (χ1v) is 12.3. The number of carbonyl (C=O) groups excluding carboxylic acids is 1. The first-order valence-electron chi connectivity index (χ1n) is 11.5. The topological polar surface area (TPSA) is 57.7 Å². The van der Waals surface area contributed by atoms with Gasteiger partial charge in [0.25, 0.3) is 0 Å². The van der Waals surface area contributed by atoms with Crippen LogP contribution in [0.3, 0.4) is 0 Å². The number of likely N-dealkylation sites (tertiary alicyclic amines) is 1. The van der Waals surface area contributed by atoms with E-state index in [0.717, 1.165) is 70.0 Å². The molecule has 2 aromatic carbocycles. The quantitative estimate of drug-likeness (QED) is 0.616. The number of para-hydroxylation sites is 1. The number of amides is 1. The van der Waals surface area contributed by atoms with Gasteiger partial charge in [-0.3, -0.25) is 14.6 Å². The Morgan fingerprint density at radius 2 is 1.75 bits per heavy atom. The van der Waals surface area contributed by atoms with Crippen LogP contribution in [-0.4, -0.2) is 66.6 Å². The molecule has 2 aliphatic heterocycles. The number of fused-ring (bicyclic) bond motifs is 1. The van der Waals surface area contributed by atoms with Crippen LogP contribution in [0.4, 0.5) is 5.69 Å². The van der Waals surface area contributed by atoms with Gasteiger partial charge < -0.3 is 10.1 Å². The lowest BCUT2D eigenvalue weighted by atomic mass is 9.97. The number of benzene rings is 2. The van der Waals surface area contributed by atoms with E-state index < -0.39 is 0 Å². The van der Waals surface area contributed by atoms with E-state index in [0.29, 0.717) is 12.5 Å². The molecule has 1 aromatic heterocycles. The van der Waals surface area contributed by atoms with Gasteiger partial charge in [-0.2, -0.15) is 0 Å². The number of rotatable bonds is 6. The lowest BCUT2D eigenvalue weighted by Crippen LogP contribution is -2.38. The molecule has 1 N–H and O–H groups in total. The summed E-state index contributed by atoms with van der Waals surface area (Å²) in [6.45, 7) is 6.84. The summed E-state index contributed by atoms with van der Waals surface area (Å²) in [6, 6.07) is 16.6. The van der Waals surface area contributed by atoms with Gasteiger partial charge in [0.1, 0.15) is 0 Å². The number of aromatic nitrogens is 1. The molecule has 1 amide bonds. The number of nitrogens with zero attached hydrogens (tertiary/aromatic N) is 3. The Hall–Kier alpha value is -2.32. The minimum Gasteiger partial charge on any atom is -0.379 e. The van der Waals surface area contributed by atoms with Crippen molar-refractivity contribution in [3.63, 3.8) is 0 Å². The van der Waals surface area contributed by atoms with Crippen molar-refractivity contribution >= 4 is 33.1 Å². The van der Waals surface area contributed by atoms with Crippen molar-refractivity contribution < 1.29 is 9.53 Å². The van der Waals surface area contributed by atoms with Crippen molar-refractivity contribution in [1.82, 2.24) is 14.8 Å².